The molecule has 3 rings (SSSR count). The van der Waals surface area contributed by atoms with E-state index in [1.165, 1.54) is 23.9 Å². The molecule has 1 fully saturated rings. The molecule has 0 spiro atoms. The molecule has 0 atom stereocenters. The van der Waals surface area contributed by atoms with Gasteiger partial charge in [-0.3, -0.25) is 4.79 Å². The van der Waals surface area contributed by atoms with Crippen LogP contribution < -0.4 is 10.4 Å². The number of aromatic carboxylic acids is 1. The molecule has 2 heterocycles. The first kappa shape index (κ1) is 14.6. The molecule has 1 amide bonds. The molecule has 1 aromatic carbocycles. The number of nitrogens with one attached hydrogen (secondary N) is 1. The summed E-state index contributed by atoms with van der Waals surface area (Å²) >= 11 is 6.09. The number of hydrogen-bond donors (Lipinski definition) is 1. The number of carbonyl (C=O) groups excluding carboxylic acids is 2. The third-order valence-corrected chi connectivity index (χ3v) is 4.11. The van der Waals surface area contributed by atoms with Crippen molar-refractivity contribution in [1.82, 2.24) is 5.32 Å². The Morgan fingerprint density at radius 2 is 1.95 bits per heavy atom. The van der Waals surface area contributed by atoms with Crippen LogP contribution in [0.1, 0.15) is 16.1 Å². The van der Waals surface area contributed by atoms with Crippen LogP contribution >= 0.6 is 24.0 Å². The van der Waals surface area contributed by atoms with Gasteiger partial charge in [-0.2, -0.15) is 0 Å². The van der Waals surface area contributed by atoms with E-state index in [0.717, 1.165) is 5.56 Å². The Balaban J connectivity index is 1.85. The molecule has 0 bridgehead atoms. The first-order valence-corrected chi connectivity index (χ1v) is 7.42. The monoisotopic (exact) mass is 330 g/mol. The van der Waals surface area contributed by atoms with Gasteiger partial charge in [0.1, 0.15) is 15.8 Å². The number of furan rings is 1. The number of thiocarbonyl (C=S) groups is 1. The Kier molecular flexibility index (Phi) is 3.82. The summed E-state index contributed by atoms with van der Waals surface area (Å²) in [6.45, 7) is 0. The van der Waals surface area contributed by atoms with Crippen molar-refractivity contribution in [3.05, 3.63) is 52.6 Å². The number of carbonyl (C=O) groups is 2. The summed E-state index contributed by atoms with van der Waals surface area (Å²) in [7, 11) is 0. The summed E-state index contributed by atoms with van der Waals surface area (Å²) in [6.07, 6.45) is 1.61. The van der Waals surface area contributed by atoms with Crippen LogP contribution in [0.25, 0.3) is 17.4 Å². The van der Waals surface area contributed by atoms with Gasteiger partial charge in [0.15, 0.2) is 0 Å². The van der Waals surface area contributed by atoms with Crippen LogP contribution in [0.5, 0.6) is 0 Å². The van der Waals surface area contributed by atoms with Crippen LogP contribution in [0.15, 0.2) is 45.7 Å². The molecule has 1 N–H and O–H groups in total. The lowest BCUT2D eigenvalue weighted by Gasteiger charge is -2.02. The molecule has 7 heteroatoms. The van der Waals surface area contributed by atoms with E-state index in [-0.39, 0.29) is 11.5 Å². The molecule has 0 radical (unpaired) electrons. The van der Waals surface area contributed by atoms with Gasteiger partial charge in [0.25, 0.3) is 5.91 Å². The van der Waals surface area contributed by atoms with Gasteiger partial charge in [0, 0.05) is 11.6 Å². The number of thioether (sulfide) groups is 1. The molecule has 0 unspecified atom stereocenters. The van der Waals surface area contributed by atoms with Crippen molar-refractivity contribution in [2.24, 2.45) is 0 Å². The molecule has 1 aliphatic heterocycles. The van der Waals surface area contributed by atoms with Crippen LogP contribution in [-0.4, -0.2) is 16.2 Å². The second kappa shape index (κ2) is 5.78. The minimum Gasteiger partial charge on any atom is -0.545 e. The summed E-state index contributed by atoms with van der Waals surface area (Å²) in [5, 5.41) is 13.2. The average Bonchev–Trinajstić information content (AvgIpc) is 3.06. The maximum absolute atomic E-state index is 11.6. The van der Waals surface area contributed by atoms with Crippen LogP contribution in [0.2, 0.25) is 0 Å². The molecule has 1 aliphatic rings. The molecule has 2 aromatic rings. The van der Waals surface area contributed by atoms with Crippen molar-refractivity contribution in [1.29, 1.82) is 0 Å². The first-order valence-electron chi connectivity index (χ1n) is 6.19. The van der Waals surface area contributed by atoms with Gasteiger partial charge in [0.2, 0.25) is 0 Å². The number of carboxylic acid groups (broad SMARTS) is 1. The van der Waals surface area contributed by atoms with Crippen molar-refractivity contribution >= 4 is 46.3 Å². The standard InChI is InChI=1S/C15H9NO4S2/c17-13-12(22-15(21)16-13)7-10-5-6-11(20-10)8-1-3-9(4-2-8)14(18)19/h1-7H,(H,18,19)(H,16,17,21)/p-1/b12-7-. The highest BCUT2D eigenvalue weighted by Gasteiger charge is 2.22. The predicted molar refractivity (Wildman–Crippen MR) is 84.8 cm³/mol. The van der Waals surface area contributed by atoms with Gasteiger partial charge < -0.3 is 19.6 Å². The highest BCUT2D eigenvalue weighted by Crippen LogP contribution is 2.28. The lowest BCUT2D eigenvalue weighted by atomic mass is 10.1. The Morgan fingerprint density at radius 1 is 1.23 bits per heavy atom. The van der Waals surface area contributed by atoms with E-state index in [2.05, 4.69) is 5.32 Å². The van der Waals surface area contributed by atoms with Crippen molar-refractivity contribution in [3.63, 3.8) is 0 Å². The van der Waals surface area contributed by atoms with Crippen LogP contribution in [0.4, 0.5) is 0 Å². The maximum Gasteiger partial charge on any atom is 0.263 e. The third kappa shape index (κ3) is 2.95. The number of benzene rings is 1. The number of carboxylic acids is 1. The molecular weight excluding hydrogens is 322 g/mol. The number of rotatable bonds is 3. The lowest BCUT2D eigenvalue weighted by molar-refractivity contribution is -0.255. The zero-order chi connectivity index (χ0) is 15.7. The third-order valence-electron chi connectivity index (χ3n) is 2.95. The molecule has 5 nitrogen and oxygen atoms in total. The highest BCUT2D eigenvalue weighted by molar-refractivity contribution is 8.26. The summed E-state index contributed by atoms with van der Waals surface area (Å²) in [5.41, 5.74) is 0.832. The van der Waals surface area contributed by atoms with Gasteiger partial charge in [-0.05, 0) is 17.7 Å². The lowest BCUT2D eigenvalue weighted by Crippen LogP contribution is -2.21. The highest BCUT2D eigenvalue weighted by atomic mass is 32.2. The first-order chi connectivity index (χ1) is 10.5. The predicted octanol–water partition coefficient (Wildman–Crippen LogP) is 1.80. The fraction of sp³-hybridized carbons (Fsp3) is 0. The summed E-state index contributed by atoms with van der Waals surface area (Å²) in [4.78, 5) is 22.8. The Morgan fingerprint density at radius 3 is 2.55 bits per heavy atom. The number of amides is 1. The molecule has 0 saturated carbocycles. The van der Waals surface area contributed by atoms with Crippen LogP contribution in [0, 0.1) is 0 Å². The average molecular weight is 330 g/mol. The van der Waals surface area contributed by atoms with Crippen molar-refractivity contribution in [2.45, 2.75) is 0 Å². The summed E-state index contributed by atoms with van der Waals surface area (Å²) in [6, 6.07) is 9.63. The fourth-order valence-corrected chi connectivity index (χ4v) is 2.93. The van der Waals surface area contributed by atoms with Gasteiger partial charge in [0.05, 0.1) is 10.9 Å². The zero-order valence-corrected chi connectivity index (χ0v) is 12.6. The van der Waals surface area contributed by atoms with E-state index in [0.29, 0.717) is 20.7 Å². The topological polar surface area (TPSA) is 82.4 Å². The van der Waals surface area contributed by atoms with Gasteiger partial charge in [-0.15, -0.1) is 0 Å². The Labute approximate surface area is 135 Å². The van der Waals surface area contributed by atoms with Crippen molar-refractivity contribution in [2.75, 3.05) is 0 Å². The Hall–Kier alpha value is -2.38. The Bertz CT molecular complexity index is 805. The normalized spacial score (nSPS) is 16.1. The quantitative estimate of drug-likeness (QED) is 0.682. The maximum atomic E-state index is 11.6. The van der Waals surface area contributed by atoms with E-state index >= 15 is 0 Å². The van der Waals surface area contributed by atoms with E-state index in [1.807, 2.05) is 0 Å². The van der Waals surface area contributed by atoms with Crippen LogP contribution in [0.3, 0.4) is 0 Å². The van der Waals surface area contributed by atoms with Crippen molar-refractivity contribution in [3.8, 4) is 11.3 Å². The van der Waals surface area contributed by atoms with E-state index in [4.69, 9.17) is 16.6 Å². The largest absolute Gasteiger partial charge is 0.545 e. The fourth-order valence-electron chi connectivity index (χ4n) is 1.91. The second-order valence-corrected chi connectivity index (χ2v) is 6.14. The molecule has 22 heavy (non-hydrogen) atoms. The minimum atomic E-state index is -1.23. The SMILES string of the molecule is O=C1NC(=S)S/C1=C\c1ccc(-c2ccc(C(=O)[O-])cc2)o1. The second-order valence-electron chi connectivity index (χ2n) is 4.42. The van der Waals surface area contributed by atoms with E-state index in [9.17, 15) is 14.7 Å². The number of hydrogen-bond acceptors (Lipinski definition) is 6. The molecule has 1 saturated heterocycles. The molecule has 1 aromatic heterocycles. The van der Waals surface area contributed by atoms with Gasteiger partial charge in [-0.1, -0.05) is 48.2 Å². The van der Waals surface area contributed by atoms with E-state index in [1.54, 1.807) is 30.3 Å². The smallest absolute Gasteiger partial charge is 0.263 e. The van der Waals surface area contributed by atoms with Gasteiger partial charge >= 0.3 is 0 Å². The summed E-state index contributed by atoms with van der Waals surface area (Å²) < 4.78 is 6.06. The van der Waals surface area contributed by atoms with E-state index < -0.39 is 5.97 Å². The molecule has 0 aliphatic carbocycles. The zero-order valence-electron chi connectivity index (χ0n) is 11.0. The van der Waals surface area contributed by atoms with Gasteiger partial charge in [-0.25, -0.2) is 0 Å². The molecular formula is C15H8NO4S2-. The minimum absolute atomic E-state index is 0.102. The summed E-state index contributed by atoms with van der Waals surface area (Å²) in [5.74, 6) is -0.382. The van der Waals surface area contributed by atoms with Crippen molar-refractivity contribution < 1.29 is 19.1 Å². The molecule has 110 valence electrons. The van der Waals surface area contributed by atoms with Crippen LogP contribution in [-0.2, 0) is 4.79 Å².